The summed E-state index contributed by atoms with van der Waals surface area (Å²) in [5.74, 6) is 4.21. The molecule has 1 heterocycles. The van der Waals surface area contributed by atoms with E-state index in [0.29, 0.717) is 29.3 Å². The molecule has 4 atom stereocenters. The molecule has 1 aromatic heterocycles. The Balaban J connectivity index is 1.25. The fourth-order valence-electron chi connectivity index (χ4n) is 5.62. The van der Waals surface area contributed by atoms with Crippen LogP contribution in [0, 0.1) is 24.7 Å². The predicted molar refractivity (Wildman–Crippen MR) is 134 cm³/mol. The number of para-hydroxylation sites is 2. The van der Waals surface area contributed by atoms with Crippen LogP contribution in [0.4, 0.5) is 0 Å². The number of ether oxygens (including phenoxy) is 1. The Labute approximate surface area is 205 Å². The summed E-state index contributed by atoms with van der Waals surface area (Å²) in [6.07, 6.45) is 5.33. The van der Waals surface area contributed by atoms with Gasteiger partial charge in [-0.05, 0) is 74.6 Å². The topological polar surface area (TPSA) is 69.0 Å². The summed E-state index contributed by atoms with van der Waals surface area (Å²) in [4.78, 5) is 12.8. The molecule has 178 valence electrons. The lowest BCUT2D eigenvalue weighted by atomic mass is 9.84. The van der Waals surface area contributed by atoms with Crippen molar-refractivity contribution in [2.75, 3.05) is 5.75 Å². The summed E-state index contributed by atoms with van der Waals surface area (Å²) < 4.78 is 8.03. The predicted octanol–water partition coefficient (Wildman–Crippen LogP) is 5.19. The highest BCUT2D eigenvalue weighted by Gasteiger charge is 2.42. The summed E-state index contributed by atoms with van der Waals surface area (Å²) >= 11 is 1.42. The van der Waals surface area contributed by atoms with Crippen LogP contribution in [0.1, 0.15) is 44.0 Å². The number of fused-ring (bicyclic) bond motifs is 2. The molecule has 6 nitrogen and oxygen atoms in total. The molecular weight excluding hydrogens is 444 g/mol. The Morgan fingerprint density at radius 2 is 1.91 bits per heavy atom. The number of nitrogens with zero attached hydrogens (tertiary/aromatic N) is 3. The molecule has 0 aliphatic heterocycles. The second-order valence-electron chi connectivity index (χ2n) is 9.61. The molecule has 2 aliphatic rings. The third-order valence-electron chi connectivity index (χ3n) is 7.32. The van der Waals surface area contributed by atoms with Gasteiger partial charge < -0.3 is 10.1 Å². The maximum absolute atomic E-state index is 12.8. The van der Waals surface area contributed by atoms with Crippen molar-refractivity contribution in [3.05, 3.63) is 66.0 Å². The normalized spacial score (nSPS) is 22.0. The molecule has 5 rings (SSSR count). The van der Waals surface area contributed by atoms with Gasteiger partial charge in [-0.25, -0.2) is 0 Å². The van der Waals surface area contributed by atoms with Gasteiger partial charge in [0.05, 0.1) is 5.75 Å². The van der Waals surface area contributed by atoms with Crippen molar-refractivity contribution in [3.63, 3.8) is 0 Å². The van der Waals surface area contributed by atoms with Crippen molar-refractivity contribution in [1.29, 1.82) is 0 Å². The molecule has 3 aromatic rings. The molecule has 34 heavy (non-hydrogen) atoms. The lowest BCUT2D eigenvalue weighted by Gasteiger charge is -2.28. The molecule has 2 saturated carbocycles. The number of carbonyl (C=O) groups is 1. The fraction of sp³-hybridized carbons (Fsp3) is 0.444. The first-order chi connectivity index (χ1) is 16.6. The van der Waals surface area contributed by atoms with Crippen LogP contribution in [0.25, 0.3) is 5.69 Å². The smallest absolute Gasteiger partial charge is 0.230 e. The van der Waals surface area contributed by atoms with Crippen molar-refractivity contribution in [2.24, 2.45) is 17.8 Å². The number of aromatic nitrogens is 3. The number of nitrogens with one attached hydrogen (secondary N) is 1. The number of hydrogen-bond donors (Lipinski definition) is 1. The van der Waals surface area contributed by atoms with Crippen molar-refractivity contribution in [1.82, 2.24) is 20.1 Å². The van der Waals surface area contributed by atoms with Crippen molar-refractivity contribution in [2.45, 2.75) is 57.3 Å². The van der Waals surface area contributed by atoms with E-state index in [-0.39, 0.29) is 11.9 Å². The van der Waals surface area contributed by atoms with Crippen molar-refractivity contribution < 1.29 is 9.53 Å². The van der Waals surface area contributed by atoms with E-state index >= 15 is 0 Å². The molecule has 2 bridgehead atoms. The van der Waals surface area contributed by atoms with Gasteiger partial charge in [-0.2, -0.15) is 0 Å². The third-order valence-corrected chi connectivity index (χ3v) is 8.25. The Morgan fingerprint density at radius 3 is 2.65 bits per heavy atom. The molecule has 1 amide bonds. The van der Waals surface area contributed by atoms with Gasteiger partial charge in [0.25, 0.3) is 0 Å². The maximum Gasteiger partial charge on any atom is 0.230 e. The summed E-state index contributed by atoms with van der Waals surface area (Å²) in [5.41, 5.74) is 2.03. The Hall–Kier alpha value is -2.80. The van der Waals surface area contributed by atoms with E-state index in [2.05, 4.69) is 22.4 Å². The summed E-state index contributed by atoms with van der Waals surface area (Å²) in [6, 6.07) is 18.1. The van der Waals surface area contributed by atoms with E-state index in [1.165, 1.54) is 37.4 Å². The third kappa shape index (κ3) is 4.99. The average molecular weight is 477 g/mol. The van der Waals surface area contributed by atoms with E-state index in [1.54, 1.807) is 0 Å². The fourth-order valence-corrected chi connectivity index (χ4v) is 6.41. The van der Waals surface area contributed by atoms with Gasteiger partial charge in [0.1, 0.15) is 12.4 Å². The highest BCUT2D eigenvalue weighted by molar-refractivity contribution is 7.99. The molecule has 2 aromatic carbocycles. The number of carbonyl (C=O) groups excluding carboxylic acids is 1. The first kappa shape index (κ1) is 23.0. The number of aryl methyl sites for hydroxylation is 1. The van der Waals surface area contributed by atoms with Crippen LogP contribution >= 0.6 is 11.8 Å². The first-order valence-corrected chi connectivity index (χ1v) is 13.2. The van der Waals surface area contributed by atoms with Gasteiger partial charge in [-0.15, -0.1) is 10.2 Å². The second kappa shape index (κ2) is 10.2. The minimum absolute atomic E-state index is 0.0561. The molecular formula is C27H32N4O2S. The van der Waals surface area contributed by atoms with Crippen LogP contribution in [-0.4, -0.2) is 32.5 Å². The van der Waals surface area contributed by atoms with E-state index in [1.807, 2.05) is 66.1 Å². The molecule has 1 N–H and O–H groups in total. The maximum atomic E-state index is 12.8. The highest BCUT2D eigenvalue weighted by Crippen LogP contribution is 2.49. The monoisotopic (exact) mass is 476 g/mol. The number of benzene rings is 2. The van der Waals surface area contributed by atoms with Gasteiger partial charge >= 0.3 is 0 Å². The van der Waals surface area contributed by atoms with Crippen LogP contribution in [0.15, 0.2) is 59.8 Å². The summed E-state index contributed by atoms with van der Waals surface area (Å²) in [6.45, 7) is 4.48. The SMILES string of the molecule is Cc1ccccc1OCc1nnc(SCC(=O)NC(C)C2CC3CCC2C3)n1-c1ccccc1. The molecule has 0 saturated heterocycles. The van der Waals surface area contributed by atoms with E-state index in [9.17, 15) is 4.79 Å². The lowest BCUT2D eigenvalue weighted by molar-refractivity contribution is -0.119. The Kier molecular flexibility index (Phi) is 6.90. The summed E-state index contributed by atoms with van der Waals surface area (Å²) in [7, 11) is 0. The number of amides is 1. The number of thioether (sulfide) groups is 1. The quantitative estimate of drug-likeness (QED) is 0.431. The molecule has 0 spiro atoms. The molecule has 2 fully saturated rings. The second-order valence-corrected chi connectivity index (χ2v) is 10.6. The van der Waals surface area contributed by atoms with Crippen LogP contribution in [0.2, 0.25) is 0 Å². The molecule has 0 radical (unpaired) electrons. The molecule has 2 aliphatic carbocycles. The Morgan fingerprint density at radius 1 is 1.12 bits per heavy atom. The Bertz CT molecular complexity index is 1130. The number of hydrogen-bond acceptors (Lipinski definition) is 5. The van der Waals surface area contributed by atoms with Crippen LogP contribution in [0.3, 0.4) is 0 Å². The van der Waals surface area contributed by atoms with Gasteiger partial charge in [-0.3, -0.25) is 9.36 Å². The van der Waals surface area contributed by atoms with E-state index in [4.69, 9.17) is 4.74 Å². The van der Waals surface area contributed by atoms with Crippen LogP contribution in [0.5, 0.6) is 5.75 Å². The van der Waals surface area contributed by atoms with Gasteiger partial charge in [-0.1, -0.05) is 54.6 Å². The standard InChI is InChI=1S/C27H32N4O2S/c1-18-8-6-7-11-24(18)33-16-25-29-30-27(31(25)22-9-4-3-5-10-22)34-17-26(32)28-19(2)23-15-20-12-13-21(23)14-20/h3-11,19-21,23H,12-17H2,1-2H3,(H,28,32). The lowest BCUT2D eigenvalue weighted by Crippen LogP contribution is -2.40. The van der Waals surface area contributed by atoms with Gasteiger partial charge in [0.2, 0.25) is 5.91 Å². The van der Waals surface area contributed by atoms with E-state index in [0.717, 1.165) is 28.8 Å². The zero-order valence-electron chi connectivity index (χ0n) is 19.8. The van der Waals surface area contributed by atoms with Crippen LogP contribution < -0.4 is 10.1 Å². The average Bonchev–Trinajstić information content (AvgIpc) is 3.59. The highest BCUT2D eigenvalue weighted by atomic mass is 32.2. The first-order valence-electron chi connectivity index (χ1n) is 12.2. The zero-order valence-corrected chi connectivity index (χ0v) is 20.6. The number of rotatable bonds is 9. The van der Waals surface area contributed by atoms with E-state index < -0.39 is 0 Å². The molecule has 4 unspecified atom stereocenters. The van der Waals surface area contributed by atoms with Crippen molar-refractivity contribution in [3.8, 4) is 11.4 Å². The largest absolute Gasteiger partial charge is 0.485 e. The minimum atomic E-state index is 0.0561. The molecule has 7 heteroatoms. The zero-order chi connectivity index (χ0) is 23.5. The minimum Gasteiger partial charge on any atom is -0.485 e. The van der Waals surface area contributed by atoms with Crippen LogP contribution in [-0.2, 0) is 11.4 Å². The van der Waals surface area contributed by atoms with Gasteiger partial charge in [0.15, 0.2) is 11.0 Å². The summed E-state index contributed by atoms with van der Waals surface area (Å²) in [5, 5.41) is 12.7. The van der Waals surface area contributed by atoms with Gasteiger partial charge in [0, 0.05) is 11.7 Å². The van der Waals surface area contributed by atoms with Crippen molar-refractivity contribution >= 4 is 17.7 Å².